The van der Waals surface area contributed by atoms with Gasteiger partial charge >= 0.3 is 0 Å². The van der Waals surface area contributed by atoms with E-state index >= 15 is 0 Å². The van der Waals surface area contributed by atoms with E-state index in [9.17, 15) is 0 Å². The van der Waals surface area contributed by atoms with Crippen LogP contribution in [0.1, 0.15) is 5.82 Å². The minimum absolute atomic E-state index is 0.430. The summed E-state index contributed by atoms with van der Waals surface area (Å²) in [6.45, 7) is 0. The number of hydrogen-bond acceptors (Lipinski definition) is 3. The first kappa shape index (κ1) is 6.77. The Morgan fingerprint density at radius 2 is 2.33 bits per heavy atom. The van der Waals surface area contributed by atoms with Crippen molar-refractivity contribution in [3.05, 3.63) is 5.82 Å². The number of aromatic amines is 1. The minimum Gasteiger partial charge on any atom is -0.177 e. The standard InChI is InChI=1S/C3H4Cl2N4/c4-2(5)1-3-6-8-9-7-3/h2H,1H2,(H,6,7,8,9). The molecule has 1 aromatic rings. The predicted octanol–water partition coefficient (Wildman–Crippen LogP) is 0.546. The highest BCUT2D eigenvalue weighted by Gasteiger charge is 2.03. The zero-order chi connectivity index (χ0) is 6.69. The highest BCUT2D eigenvalue weighted by Crippen LogP contribution is 2.05. The Hall–Kier alpha value is -0.350. The van der Waals surface area contributed by atoms with Crippen LogP contribution in [-0.2, 0) is 6.42 Å². The number of aromatic nitrogens is 4. The van der Waals surface area contributed by atoms with E-state index in [1.165, 1.54) is 0 Å². The third-order valence-electron chi connectivity index (χ3n) is 0.726. The van der Waals surface area contributed by atoms with Gasteiger partial charge in [-0.2, -0.15) is 5.21 Å². The van der Waals surface area contributed by atoms with Crippen molar-refractivity contribution < 1.29 is 0 Å². The van der Waals surface area contributed by atoms with Gasteiger partial charge in [0, 0.05) is 6.42 Å². The highest BCUT2D eigenvalue weighted by atomic mass is 35.5. The van der Waals surface area contributed by atoms with E-state index in [0.29, 0.717) is 12.2 Å². The molecule has 0 unspecified atom stereocenters. The number of tetrazole rings is 1. The van der Waals surface area contributed by atoms with Crippen LogP contribution in [0, 0.1) is 0 Å². The van der Waals surface area contributed by atoms with Gasteiger partial charge in [-0.3, -0.25) is 0 Å². The smallest absolute Gasteiger partial charge is 0.177 e. The molecule has 50 valence electrons. The summed E-state index contributed by atoms with van der Waals surface area (Å²) >= 11 is 10.8. The van der Waals surface area contributed by atoms with E-state index in [1.807, 2.05) is 0 Å². The molecular weight excluding hydrogens is 163 g/mol. The Balaban J connectivity index is 2.48. The number of nitrogens with one attached hydrogen (secondary N) is 1. The van der Waals surface area contributed by atoms with Crippen LogP contribution in [0.5, 0.6) is 0 Å². The summed E-state index contributed by atoms with van der Waals surface area (Å²) in [6.07, 6.45) is 0.430. The van der Waals surface area contributed by atoms with Gasteiger partial charge in [0.1, 0.15) is 4.84 Å². The van der Waals surface area contributed by atoms with E-state index in [2.05, 4.69) is 20.6 Å². The van der Waals surface area contributed by atoms with Crippen molar-refractivity contribution in [1.29, 1.82) is 0 Å². The van der Waals surface area contributed by atoms with E-state index < -0.39 is 4.84 Å². The van der Waals surface area contributed by atoms with Crippen molar-refractivity contribution in [1.82, 2.24) is 20.6 Å². The fourth-order valence-corrected chi connectivity index (χ4v) is 0.683. The molecule has 1 heterocycles. The summed E-state index contributed by atoms with van der Waals surface area (Å²) in [6, 6.07) is 0. The van der Waals surface area contributed by atoms with Gasteiger partial charge in [-0.15, -0.1) is 33.4 Å². The quantitative estimate of drug-likeness (QED) is 0.654. The lowest BCUT2D eigenvalue weighted by Crippen LogP contribution is -1.95. The molecule has 0 bridgehead atoms. The van der Waals surface area contributed by atoms with Gasteiger partial charge in [-0.25, -0.2) is 0 Å². The van der Waals surface area contributed by atoms with Gasteiger partial charge in [-0.1, -0.05) is 5.21 Å². The zero-order valence-corrected chi connectivity index (χ0v) is 5.89. The lowest BCUT2D eigenvalue weighted by molar-refractivity contribution is 0.881. The van der Waals surface area contributed by atoms with Crippen molar-refractivity contribution in [3.63, 3.8) is 0 Å². The molecule has 0 spiro atoms. The molecule has 1 aromatic heterocycles. The van der Waals surface area contributed by atoms with E-state index in [-0.39, 0.29) is 0 Å². The fraction of sp³-hybridized carbons (Fsp3) is 0.667. The normalized spacial score (nSPS) is 10.6. The third-order valence-corrected chi connectivity index (χ3v) is 1.03. The molecule has 4 nitrogen and oxygen atoms in total. The summed E-state index contributed by atoms with van der Waals surface area (Å²) in [5, 5.41) is 12.9. The molecule has 1 N–H and O–H groups in total. The monoisotopic (exact) mass is 166 g/mol. The first-order valence-corrected chi connectivity index (χ1v) is 3.17. The Morgan fingerprint density at radius 3 is 2.78 bits per heavy atom. The van der Waals surface area contributed by atoms with Crippen LogP contribution in [-0.4, -0.2) is 25.5 Å². The van der Waals surface area contributed by atoms with Crippen molar-refractivity contribution in [3.8, 4) is 0 Å². The molecule has 0 saturated carbocycles. The topological polar surface area (TPSA) is 54.5 Å². The van der Waals surface area contributed by atoms with Crippen LogP contribution in [0.4, 0.5) is 0 Å². The average molecular weight is 167 g/mol. The number of H-pyrrole nitrogens is 1. The largest absolute Gasteiger partial charge is 0.177 e. The molecule has 0 fully saturated rings. The predicted molar refractivity (Wildman–Crippen MR) is 33.4 cm³/mol. The van der Waals surface area contributed by atoms with Crippen LogP contribution in [0.15, 0.2) is 0 Å². The summed E-state index contributed by atoms with van der Waals surface area (Å²) in [5.41, 5.74) is 0. The molecule has 0 aliphatic carbocycles. The second-order valence-corrected chi connectivity index (χ2v) is 2.70. The van der Waals surface area contributed by atoms with Gasteiger partial charge in [0.25, 0.3) is 0 Å². The molecule has 0 radical (unpaired) electrons. The second kappa shape index (κ2) is 2.98. The van der Waals surface area contributed by atoms with E-state index in [4.69, 9.17) is 23.2 Å². The first-order valence-electron chi connectivity index (χ1n) is 2.29. The molecule has 0 aromatic carbocycles. The Kier molecular flexibility index (Phi) is 2.24. The Labute approximate surface area is 61.5 Å². The van der Waals surface area contributed by atoms with Gasteiger partial charge in [0.05, 0.1) is 0 Å². The van der Waals surface area contributed by atoms with Crippen molar-refractivity contribution in [2.24, 2.45) is 0 Å². The maximum absolute atomic E-state index is 5.41. The van der Waals surface area contributed by atoms with Crippen molar-refractivity contribution >= 4 is 23.2 Å². The third kappa shape index (κ3) is 2.15. The maximum Gasteiger partial charge on any atom is 0.177 e. The van der Waals surface area contributed by atoms with Crippen LogP contribution in [0.2, 0.25) is 0 Å². The minimum atomic E-state index is -0.456. The maximum atomic E-state index is 5.41. The number of rotatable bonds is 2. The molecule has 1 rings (SSSR count). The molecule has 9 heavy (non-hydrogen) atoms. The number of hydrogen-bond donors (Lipinski definition) is 1. The molecule has 0 saturated heterocycles. The van der Waals surface area contributed by atoms with Gasteiger partial charge in [0.2, 0.25) is 0 Å². The van der Waals surface area contributed by atoms with Gasteiger partial charge in [0.15, 0.2) is 5.82 Å². The molecule has 0 amide bonds. The van der Waals surface area contributed by atoms with Crippen LogP contribution < -0.4 is 0 Å². The summed E-state index contributed by atoms with van der Waals surface area (Å²) in [7, 11) is 0. The summed E-state index contributed by atoms with van der Waals surface area (Å²) < 4.78 is 0. The molecule has 6 heteroatoms. The lowest BCUT2D eigenvalue weighted by atomic mass is 10.5. The fourth-order valence-electron chi connectivity index (χ4n) is 0.407. The average Bonchev–Trinajstić information content (AvgIpc) is 2.15. The highest BCUT2D eigenvalue weighted by molar-refractivity contribution is 6.44. The van der Waals surface area contributed by atoms with Crippen LogP contribution in [0.3, 0.4) is 0 Å². The van der Waals surface area contributed by atoms with Gasteiger partial charge < -0.3 is 0 Å². The number of nitrogens with zero attached hydrogens (tertiary/aromatic N) is 3. The van der Waals surface area contributed by atoms with Crippen molar-refractivity contribution in [2.75, 3.05) is 0 Å². The summed E-state index contributed by atoms with van der Waals surface area (Å²) in [4.78, 5) is -0.456. The second-order valence-electron chi connectivity index (χ2n) is 1.42. The van der Waals surface area contributed by atoms with Gasteiger partial charge in [-0.05, 0) is 0 Å². The molecule has 0 aliphatic heterocycles. The van der Waals surface area contributed by atoms with Crippen molar-refractivity contribution in [2.45, 2.75) is 11.3 Å². The first-order chi connectivity index (χ1) is 4.29. The molecule has 0 aliphatic rings. The lowest BCUT2D eigenvalue weighted by Gasteiger charge is -1.90. The van der Waals surface area contributed by atoms with Crippen LogP contribution in [0.25, 0.3) is 0 Å². The molecular formula is C3H4Cl2N4. The molecule has 0 atom stereocenters. The number of alkyl halides is 2. The Bertz CT molecular complexity index is 160. The van der Waals surface area contributed by atoms with E-state index in [0.717, 1.165) is 0 Å². The SMILES string of the molecule is ClC(Cl)Cc1nn[nH]n1. The number of halogens is 2. The Morgan fingerprint density at radius 1 is 1.56 bits per heavy atom. The summed E-state index contributed by atoms with van der Waals surface area (Å²) in [5.74, 6) is 0.532. The van der Waals surface area contributed by atoms with Crippen LogP contribution >= 0.6 is 23.2 Å². The zero-order valence-electron chi connectivity index (χ0n) is 4.38. The van der Waals surface area contributed by atoms with E-state index in [1.54, 1.807) is 0 Å².